The molecule has 0 saturated heterocycles. The van der Waals surface area contributed by atoms with Crippen LogP contribution in [0.5, 0.6) is 17.2 Å². The fourth-order valence-electron chi connectivity index (χ4n) is 2.56. The van der Waals surface area contributed by atoms with E-state index in [1.165, 1.54) is 25.6 Å². The molecule has 0 fully saturated rings. The number of hydrogen-bond acceptors (Lipinski definition) is 6. The fraction of sp³-hybridized carbons (Fsp3) is 0.200. The summed E-state index contributed by atoms with van der Waals surface area (Å²) in [6, 6.07) is 10.9. The molecule has 146 valence electrons. The standard InChI is InChI=1S/C20H19ClN2O4S/c1-25-14-6-4-12(5-7-14)20-22-13(11-28-20)8-19(24)23-16-10-18(27-3)17(26-2)9-15(16)21/h4-7,9-11H,8H2,1-3H3,(H,23,24). The largest absolute Gasteiger partial charge is 0.497 e. The highest BCUT2D eigenvalue weighted by atomic mass is 35.5. The van der Waals surface area contributed by atoms with E-state index in [0.29, 0.717) is 27.9 Å². The molecular formula is C20H19ClN2O4S. The number of nitrogens with zero attached hydrogens (tertiary/aromatic N) is 1. The average Bonchev–Trinajstić information content (AvgIpc) is 3.17. The maximum atomic E-state index is 12.4. The van der Waals surface area contributed by atoms with Crippen LogP contribution in [0.2, 0.25) is 5.02 Å². The molecule has 0 bridgehead atoms. The Hall–Kier alpha value is -2.77. The number of amides is 1. The first-order valence-corrected chi connectivity index (χ1v) is 9.60. The van der Waals surface area contributed by atoms with Gasteiger partial charge in [-0.25, -0.2) is 4.98 Å². The molecule has 0 saturated carbocycles. The summed E-state index contributed by atoms with van der Waals surface area (Å²) in [5.74, 6) is 1.54. The molecule has 3 aromatic rings. The Kier molecular flexibility index (Phi) is 6.38. The zero-order valence-electron chi connectivity index (χ0n) is 15.6. The molecular weight excluding hydrogens is 400 g/mol. The number of benzene rings is 2. The van der Waals surface area contributed by atoms with E-state index in [4.69, 9.17) is 25.8 Å². The van der Waals surface area contributed by atoms with E-state index >= 15 is 0 Å². The third kappa shape index (κ3) is 4.55. The van der Waals surface area contributed by atoms with Crippen molar-refractivity contribution in [2.45, 2.75) is 6.42 Å². The van der Waals surface area contributed by atoms with Crippen LogP contribution in [0.15, 0.2) is 41.8 Å². The fourth-order valence-corrected chi connectivity index (χ4v) is 3.59. The van der Waals surface area contributed by atoms with Crippen LogP contribution in [-0.4, -0.2) is 32.2 Å². The summed E-state index contributed by atoms with van der Waals surface area (Å²) in [7, 11) is 4.67. The van der Waals surface area contributed by atoms with E-state index in [0.717, 1.165) is 16.3 Å². The molecule has 3 rings (SSSR count). The average molecular weight is 419 g/mol. The minimum absolute atomic E-state index is 0.136. The Morgan fingerprint density at radius 1 is 1.07 bits per heavy atom. The van der Waals surface area contributed by atoms with Crippen LogP contribution in [0.3, 0.4) is 0 Å². The zero-order valence-corrected chi connectivity index (χ0v) is 17.2. The van der Waals surface area contributed by atoms with Gasteiger partial charge in [-0.3, -0.25) is 4.79 Å². The summed E-state index contributed by atoms with van der Waals surface area (Å²) >= 11 is 7.70. The van der Waals surface area contributed by atoms with Gasteiger partial charge >= 0.3 is 0 Å². The van der Waals surface area contributed by atoms with Gasteiger partial charge in [0.25, 0.3) is 0 Å². The monoisotopic (exact) mass is 418 g/mol. The summed E-state index contributed by atoms with van der Waals surface area (Å²) in [6.45, 7) is 0. The van der Waals surface area contributed by atoms with Gasteiger partial charge in [-0.05, 0) is 24.3 Å². The molecule has 1 heterocycles. The summed E-state index contributed by atoms with van der Waals surface area (Å²) in [4.78, 5) is 17.0. The quantitative estimate of drug-likeness (QED) is 0.603. The number of ether oxygens (including phenoxy) is 3. The number of carbonyl (C=O) groups is 1. The van der Waals surface area contributed by atoms with Gasteiger partial charge < -0.3 is 19.5 Å². The van der Waals surface area contributed by atoms with Crippen LogP contribution in [0.4, 0.5) is 5.69 Å². The van der Waals surface area contributed by atoms with Crippen LogP contribution >= 0.6 is 22.9 Å². The van der Waals surface area contributed by atoms with Crippen molar-refractivity contribution >= 4 is 34.5 Å². The van der Waals surface area contributed by atoms with E-state index in [9.17, 15) is 4.79 Å². The van der Waals surface area contributed by atoms with Crippen LogP contribution in [0.1, 0.15) is 5.69 Å². The van der Waals surface area contributed by atoms with Crippen molar-refractivity contribution in [3.8, 4) is 27.8 Å². The number of anilines is 1. The Morgan fingerprint density at radius 3 is 2.39 bits per heavy atom. The van der Waals surface area contributed by atoms with Crippen molar-refractivity contribution in [1.29, 1.82) is 0 Å². The molecule has 0 aliphatic heterocycles. The molecule has 2 aromatic carbocycles. The van der Waals surface area contributed by atoms with E-state index in [-0.39, 0.29) is 12.3 Å². The van der Waals surface area contributed by atoms with Crippen molar-refractivity contribution in [3.05, 3.63) is 52.5 Å². The molecule has 0 spiro atoms. The van der Waals surface area contributed by atoms with E-state index < -0.39 is 0 Å². The summed E-state index contributed by atoms with van der Waals surface area (Å²) in [5.41, 5.74) is 2.11. The van der Waals surface area contributed by atoms with Gasteiger partial charge in [0.1, 0.15) is 10.8 Å². The van der Waals surface area contributed by atoms with Gasteiger partial charge in [0.2, 0.25) is 5.91 Å². The van der Waals surface area contributed by atoms with Gasteiger partial charge in [0, 0.05) is 23.1 Å². The van der Waals surface area contributed by atoms with Crippen molar-refractivity contribution in [2.75, 3.05) is 26.6 Å². The Labute approximate surface area is 172 Å². The maximum Gasteiger partial charge on any atom is 0.230 e. The summed E-state index contributed by atoms with van der Waals surface area (Å²) < 4.78 is 15.6. The SMILES string of the molecule is COc1ccc(-c2nc(CC(=O)Nc3cc(OC)c(OC)cc3Cl)cs2)cc1. The van der Waals surface area contributed by atoms with Crippen molar-refractivity contribution in [1.82, 2.24) is 4.98 Å². The number of thiazole rings is 1. The van der Waals surface area contributed by atoms with E-state index in [2.05, 4.69) is 10.3 Å². The van der Waals surface area contributed by atoms with Crippen LogP contribution in [-0.2, 0) is 11.2 Å². The highest BCUT2D eigenvalue weighted by Gasteiger charge is 2.14. The molecule has 1 N–H and O–H groups in total. The maximum absolute atomic E-state index is 12.4. The van der Waals surface area contributed by atoms with Gasteiger partial charge in [0.15, 0.2) is 11.5 Å². The minimum atomic E-state index is -0.222. The molecule has 8 heteroatoms. The third-order valence-electron chi connectivity index (χ3n) is 3.98. The van der Waals surface area contributed by atoms with Crippen LogP contribution in [0.25, 0.3) is 10.6 Å². The second-order valence-corrected chi connectivity index (χ2v) is 7.05. The van der Waals surface area contributed by atoms with E-state index in [1.54, 1.807) is 19.2 Å². The molecule has 0 aliphatic carbocycles. The topological polar surface area (TPSA) is 69.7 Å². The zero-order chi connectivity index (χ0) is 20.1. The third-order valence-corrected chi connectivity index (χ3v) is 5.23. The van der Waals surface area contributed by atoms with Crippen molar-refractivity contribution in [2.24, 2.45) is 0 Å². The number of rotatable bonds is 7. The predicted molar refractivity (Wildman–Crippen MR) is 111 cm³/mol. The lowest BCUT2D eigenvalue weighted by Crippen LogP contribution is -2.15. The number of hydrogen-bond donors (Lipinski definition) is 1. The molecule has 0 radical (unpaired) electrons. The number of halogens is 1. The highest BCUT2D eigenvalue weighted by Crippen LogP contribution is 2.36. The lowest BCUT2D eigenvalue weighted by atomic mass is 10.2. The summed E-state index contributed by atoms with van der Waals surface area (Å²) in [5, 5.41) is 5.87. The van der Waals surface area contributed by atoms with E-state index in [1.807, 2.05) is 29.6 Å². The first-order chi connectivity index (χ1) is 13.5. The lowest BCUT2D eigenvalue weighted by molar-refractivity contribution is -0.115. The van der Waals surface area contributed by atoms with Crippen molar-refractivity contribution < 1.29 is 19.0 Å². The first kappa shape index (κ1) is 20.0. The molecule has 0 unspecified atom stereocenters. The predicted octanol–water partition coefficient (Wildman–Crippen LogP) is 4.67. The van der Waals surface area contributed by atoms with Crippen LogP contribution in [0, 0.1) is 0 Å². The Morgan fingerprint density at radius 2 is 1.75 bits per heavy atom. The lowest BCUT2D eigenvalue weighted by Gasteiger charge is -2.12. The van der Waals surface area contributed by atoms with Gasteiger partial charge in [-0.15, -0.1) is 11.3 Å². The number of aromatic nitrogens is 1. The molecule has 1 amide bonds. The normalized spacial score (nSPS) is 10.4. The molecule has 0 atom stereocenters. The molecule has 6 nitrogen and oxygen atoms in total. The van der Waals surface area contributed by atoms with Crippen LogP contribution < -0.4 is 19.5 Å². The number of nitrogens with one attached hydrogen (secondary N) is 1. The highest BCUT2D eigenvalue weighted by molar-refractivity contribution is 7.13. The summed E-state index contributed by atoms with van der Waals surface area (Å²) in [6.07, 6.45) is 0.136. The van der Waals surface area contributed by atoms with Gasteiger partial charge in [0.05, 0.1) is 44.2 Å². The smallest absolute Gasteiger partial charge is 0.230 e. The van der Waals surface area contributed by atoms with Gasteiger partial charge in [-0.2, -0.15) is 0 Å². The first-order valence-electron chi connectivity index (χ1n) is 8.34. The molecule has 1 aromatic heterocycles. The molecule has 28 heavy (non-hydrogen) atoms. The Balaban J connectivity index is 1.69. The van der Waals surface area contributed by atoms with Gasteiger partial charge in [-0.1, -0.05) is 11.6 Å². The number of carbonyl (C=O) groups excluding carboxylic acids is 1. The second-order valence-electron chi connectivity index (χ2n) is 5.78. The second kappa shape index (κ2) is 8.95. The minimum Gasteiger partial charge on any atom is -0.497 e. The molecule has 0 aliphatic rings. The van der Waals surface area contributed by atoms with Crippen molar-refractivity contribution in [3.63, 3.8) is 0 Å². The number of methoxy groups -OCH3 is 3. The Bertz CT molecular complexity index is 973.